The number of anilines is 2. The molecule has 1 aromatic carbocycles. The molecule has 0 spiro atoms. The van der Waals surface area contributed by atoms with Crippen molar-refractivity contribution in [2.45, 2.75) is 52.0 Å². The maximum absolute atomic E-state index is 6.22. The summed E-state index contributed by atoms with van der Waals surface area (Å²) in [6, 6.07) is 4.75. The second-order valence-corrected chi connectivity index (χ2v) is 7.08. The number of nitrogens with zero attached hydrogens (tertiary/aromatic N) is 1. The molecule has 1 aliphatic carbocycles. The van der Waals surface area contributed by atoms with E-state index >= 15 is 0 Å². The fourth-order valence-electron chi connectivity index (χ4n) is 3.32. The minimum absolute atomic E-state index is 0.563. The van der Waals surface area contributed by atoms with Gasteiger partial charge in [0.2, 0.25) is 0 Å². The van der Waals surface area contributed by atoms with Crippen LogP contribution in [0.4, 0.5) is 11.4 Å². The number of aromatic nitrogens is 1. The van der Waals surface area contributed by atoms with Crippen LogP contribution in [0.25, 0.3) is 10.2 Å². The van der Waals surface area contributed by atoms with Crippen molar-refractivity contribution < 1.29 is 0 Å². The largest absolute Gasteiger partial charge is 0.397 e. The molecule has 1 fully saturated rings. The number of fused-ring (bicyclic) bond motifs is 1. The molecule has 108 valence electrons. The monoisotopic (exact) mass is 289 g/mol. The Labute approximate surface area is 124 Å². The van der Waals surface area contributed by atoms with Gasteiger partial charge < -0.3 is 11.1 Å². The van der Waals surface area contributed by atoms with Gasteiger partial charge in [-0.3, -0.25) is 0 Å². The maximum atomic E-state index is 6.22. The van der Waals surface area contributed by atoms with Crippen LogP contribution in [0.3, 0.4) is 0 Å². The van der Waals surface area contributed by atoms with Crippen molar-refractivity contribution in [2.75, 3.05) is 11.1 Å². The number of nitrogen functional groups attached to an aromatic ring is 1. The Morgan fingerprint density at radius 1 is 1.35 bits per heavy atom. The second-order valence-electron chi connectivity index (χ2n) is 5.84. The van der Waals surface area contributed by atoms with E-state index in [-0.39, 0.29) is 0 Å². The molecule has 2 unspecified atom stereocenters. The average molecular weight is 289 g/mol. The van der Waals surface area contributed by atoms with E-state index in [2.05, 4.69) is 29.4 Å². The first-order valence-corrected chi connectivity index (χ1v) is 8.42. The van der Waals surface area contributed by atoms with Gasteiger partial charge in [0.25, 0.3) is 0 Å². The Bertz CT molecular complexity index is 605. The first-order valence-electron chi connectivity index (χ1n) is 7.60. The third kappa shape index (κ3) is 2.62. The molecule has 0 amide bonds. The van der Waals surface area contributed by atoms with E-state index < -0.39 is 0 Å². The molecule has 4 heteroatoms. The zero-order valence-corrected chi connectivity index (χ0v) is 13.1. The lowest BCUT2D eigenvalue weighted by Crippen LogP contribution is -2.32. The number of hydrogen-bond donors (Lipinski definition) is 2. The fourth-order valence-corrected chi connectivity index (χ4v) is 4.17. The van der Waals surface area contributed by atoms with E-state index in [9.17, 15) is 0 Å². The summed E-state index contributed by atoms with van der Waals surface area (Å²) in [6.07, 6.45) is 6.54. The molecule has 1 aromatic heterocycles. The van der Waals surface area contributed by atoms with Gasteiger partial charge in [0.05, 0.1) is 26.6 Å². The highest BCUT2D eigenvalue weighted by atomic mass is 32.1. The predicted molar refractivity (Wildman–Crippen MR) is 88.4 cm³/mol. The molecular weight excluding hydrogens is 266 g/mol. The van der Waals surface area contributed by atoms with E-state index in [0.717, 1.165) is 27.8 Å². The minimum Gasteiger partial charge on any atom is -0.397 e. The highest BCUT2D eigenvalue weighted by Gasteiger charge is 2.24. The summed E-state index contributed by atoms with van der Waals surface area (Å²) in [5.41, 5.74) is 9.19. The smallest absolute Gasteiger partial charge is 0.0907 e. The summed E-state index contributed by atoms with van der Waals surface area (Å²) in [7, 11) is 0. The van der Waals surface area contributed by atoms with Crippen LogP contribution in [-0.2, 0) is 0 Å². The first-order chi connectivity index (χ1) is 9.67. The number of rotatable bonds is 3. The van der Waals surface area contributed by atoms with E-state index in [4.69, 9.17) is 5.73 Å². The molecule has 0 radical (unpaired) electrons. The molecular formula is C16H23N3S. The number of thiazole rings is 1. The molecule has 1 aliphatic rings. The van der Waals surface area contributed by atoms with Gasteiger partial charge in [0, 0.05) is 6.04 Å². The Morgan fingerprint density at radius 2 is 2.15 bits per heavy atom. The Kier molecular flexibility index (Phi) is 3.83. The molecule has 3 N–H and O–H groups in total. The van der Waals surface area contributed by atoms with Crippen LogP contribution < -0.4 is 11.1 Å². The molecule has 0 bridgehead atoms. The normalized spacial score (nSPS) is 23.1. The van der Waals surface area contributed by atoms with Crippen LogP contribution in [0.1, 0.15) is 44.0 Å². The van der Waals surface area contributed by atoms with E-state index in [0.29, 0.717) is 6.04 Å². The van der Waals surface area contributed by atoms with Crippen LogP contribution >= 0.6 is 11.3 Å². The second kappa shape index (κ2) is 5.60. The Balaban J connectivity index is 1.87. The molecule has 2 atom stereocenters. The average Bonchev–Trinajstić information content (AvgIpc) is 2.79. The van der Waals surface area contributed by atoms with Crippen LogP contribution in [0.2, 0.25) is 0 Å². The van der Waals surface area contributed by atoms with Gasteiger partial charge in [-0.05, 0) is 37.8 Å². The molecule has 1 saturated carbocycles. The summed E-state index contributed by atoms with van der Waals surface area (Å²) < 4.78 is 1.18. The molecule has 0 saturated heterocycles. The summed E-state index contributed by atoms with van der Waals surface area (Å²) in [5.74, 6) is 0.774. The van der Waals surface area contributed by atoms with Gasteiger partial charge in [-0.2, -0.15) is 0 Å². The minimum atomic E-state index is 0.563. The van der Waals surface area contributed by atoms with E-state index in [1.165, 1.54) is 36.8 Å². The quantitative estimate of drug-likeness (QED) is 0.814. The third-order valence-electron chi connectivity index (χ3n) is 4.44. The maximum Gasteiger partial charge on any atom is 0.0907 e. The van der Waals surface area contributed by atoms with Crippen molar-refractivity contribution >= 4 is 32.9 Å². The topological polar surface area (TPSA) is 50.9 Å². The van der Waals surface area contributed by atoms with Crippen molar-refractivity contribution in [3.8, 4) is 0 Å². The van der Waals surface area contributed by atoms with Crippen LogP contribution in [-0.4, -0.2) is 11.0 Å². The number of hydrogen-bond acceptors (Lipinski definition) is 4. The summed E-state index contributed by atoms with van der Waals surface area (Å²) >= 11 is 1.71. The zero-order valence-electron chi connectivity index (χ0n) is 12.3. The van der Waals surface area contributed by atoms with Gasteiger partial charge in [-0.1, -0.05) is 26.2 Å². The van der Waals surface area contributed by atoms with Crippen molar-refractivity contribution in [3.05, 3.63) is 17.1 Å². The van der Waals surface area contributed by atoms with E-state index in [1.807, 2.05) is 6.92 Å². The van der Waals surface area contributed by atoms with Gasteiger partial charge in [-0.15, -0.1) is 11.3 Å². The van der Waals surface area contributed by atoms with E-state index in [1.54, 1.807) is 11.3 Å². The number of nitrogens with two attached hydrogens (primary N) is 1. The SMILES string of the molecule is CCC1CCCCC1Nc1cc2nc(C)sc2cc1N. The lowest BCUT2D eigenvalue weighted by atomic mass is 9.83. The fraction of sp³-hybridized carbons (Fsp3) is 0.562. The van der Waals surface area contributed by atoms with Crippen molar-refractivity contribution in [1.29, 1.82) is 0 Å². The number of nitrogens with one attached hydrogen (secondary N) is 1. The summed E-state index contributed by atoms with van der Waals surface area (Å²) in [5, 5.41) is 4.79. The highest BCUT2D eigenvalue weighted by molar-refractivity contribution is 7.18. The first kappa shape index (κ1) is 13.7. The van der Waals surface area contributed by atoms with Crippen molar-refractivity contribution in [2.24, 2.45) is 5.92 Å². The van der Waals surface area contributed by atoms with Gasteiger partial charge in [0.15, 0.2) is 0 Å². The van der Waals surface area contributed by atoms with Crippen LogP contribution in [0.15, 0.2) is 12.1 Å². The van der Waals surface area contributed by atoms with Crippen molar-refractivity contribution in [1.82, 2.24) is 4.98 Å². The van der Waals surface area contributed by atoms with Crippen LogP contribution in [0, 0.1) is 12.8 Å². The third-order valence-corrected chi connectivity index (χ3v) is 5.37. The van der Waals surface area contributed by atoms with Crippen molar-refractivity contribution in [3.63, 3.8) is 0 Å². The summed E-state index contributed by atoms with van der Waals surface area (Å²) in [6.45, 7) is 4.34. The zero-order chi connectivity index (χ0) is 14.1. The highest BCUT2D eigenvalue weighted by Crippen LogP contribution is 2.34. The van der Waals surface area contributed by atoms with Crippen LogP contribution in [0.5, 0.6) is 0 Å². The van der Waals surface area contributed by atoms with Gasteiger partial charge in [0.1, 0.15) is 0 Å². The molecule has 3 rings (SSSR count). The molecule has 1 heterocycles. The standard InChI is InChI=1S/C16H23N3S/c1-3-11-6-4-5-7-13(11)19-14-9-15-16(8-12(14)17)20-10(2)18-15/h8-9,11,13,19H,3-7,17H2,1-2H3. The number of aryl methyl sites for hydroxylation is 1. The Hall–Kier alpha value is -1.29. The predicted octanol–water partition coefficient (Wildman–Crippen LogP) is 4.57. The summed E-state index contributed by atoms with van der Waals surface area (Å²) in [4.78, 5) is 4.57. The molecule has 2 aromatic rings. The molecule has 0 aliphatic heterocycles. The van der Waals surface area contributed by atoms with Gasteiger partial charge in [-0.25, -0.2) is 4.98 Å². The number of benzene rings is 1. The molecule has 20 heavy (non-hydrogen) atoms. The lowest BCUT2D eigenvalue weighted by molar-refractivity contribution is 0.317. The Morgan fingerprint density at radius 3 is 2.95 bits per heavy atom. The van der Waals surface area contributed by atoms with Gasteiger partial charge >= 0.3 is 0 Å². The molecule has 3 nitrogen and oxygen atoms in total. The lowest BCUT2D eigenvalue weighted by Gasteiger charge is -2.32.